The highest BCUT2D eigenvalue weighted by Gasteiger charge is 2.30. The van der Waals surface area contributed by atoms with Gasteiger partial charge in [0, 0.05) is 25.1 Å². The molecule has 1 aliphatic heterocycles. The van der Waals surface area contributed by atoms with E-state index in [1.165, 1.54) is 18.0 Å². The van der Waals surface area contributed by atoms with Gasteiger partial charge in [0.05, 0.1) is 0 Å². The van der Waals surface area contributed by atoms with Gasteiger partial charge in [0.2, 0.25) is 5.91 Å². The maximum Gasteiger partial charge on any atom is 0.223 e. The number of rotatable bonds is 0. The van der Waals surface area contributed by atoms with Crippen LogP contribution in [0.15, 0.2) is 12.0 Å². The van der Waals surface area contributed by atoms with Crippen molar-refractivity contribution in [1.82, 2.24) is 4.90 Å². The standard InChI is InChI=1S/C8H12FNO/c1-5-6(2)10(7(3)11)4-8(5)9/h4-6H,1-3H3. The minimum absolute atomic E-state index is 0.0347. The van der Waals surface area contributed by atoms with E-state index in [4.69, 9.17) is 0 Å². The quantitative estimate of drug-likeness (QED) is 0.524. The summed E-state index contributed by atoms with van der Waals surface area (Å²) >= 11 is 0. The Kier molecular flexibility index (Phi) is 1.98. The lowest BCUT2D eigenvalue weighted by Gasteiger charge is -2.20. The van der Waals surface area contributed by atoms with Crippen molar-refractivity contribution in [3.05, 3.63) is 12.0 Å². The fourth-order valence-electron chi connectivity index (χ4n) is 1.22. The van der Waals surface area contributed by atoms with Crippen molar-refractivity contribution < 1.29 is 9.18 Å². The first kappa shape index (κ1) is 8.24. The second-order valence-corrected chi connectivity index (χ2v) is 2.97. The number of hydrogen-bond donors (Lipinski definition) is 0. The van der Waals surface area contributed by atoms with Crippen molar-refractivity contribution in [2.24, 2.45) is 5.92 Å². The topological polar surface area (TPSA) is 20.3 Å². The van der Waals surface area contributed by atoms with Crippen molar-refractivity contribution in [2.75, 3.05) is 0 Å². The molecule has 0 radical (unpaired) electrons. The zero-order valence-corrected chi connectivity index (χ0v) is 6.97. The Hall–Kier alpha value is -0.860. The van der Waals surface area contributed by atoms with Gasteiger partial charge in [-0.3, -0.25) is 4.79 Å². The van der Waals surface area contributed by atoms with Crippen LogP contribution in [0.25, 0.3) is 0 Å². The van der Waals surface area contributed by atoms with Crippen molar-refractivity contribution >= 4 is 5.91 Å². The molecule has 0 N–H and O–H groups in total. The molecular weight excluding hydrogens is 145 g/mol. The molecule has 2 unspecified atom stereocenters. The first-order chi connectivity index (χ1) is 5.04. The fourth-order valence-corrected chi connectivity index (χ4v) is 1.22. The molecule has 62 valence electrons. The second kappa shape index (κ2) is 2.64. The molecule has 0 bridgehead atoms. The Morgan fingerprint density at radius 2 is 2.18 bits per heavy atom. The predicted molar refractivity (Wildman–Crippen MR) is 40.3 cm³/mol. The van der Waals surface area contributed by atoms with E-state index < -0.39 is 0 Å². The molecule has 0 aromatic heterocycles. The van der Waals surface area contributed by atoms with Crippen molar-refractivity contribution in [2.45, 2.75) is 26.8 Å². The van der Waals surface area contributed by atoms with Crippen molar-refractivity contribution in [1.29, 1.82) is 0 Å². The second-order valence-electron chi connectivity index (χ2n) is 2.97. The zero-order valence-electron chi connectivity index (χ0n) is 6.97. The van der Waals surface area contributed by atoms with E-state index in [9.17, 15) is 9.18 Å². The van der Waals surface area contributed by atoms with E-state index in [2.05, 4.69) is 0 Å². The number of halogens is 1. The summed E-state index contributed by atoms with van der Waals surface area (Å²) in [4.78, 5) is 12.3. The average molecular weight is 157 g/mol. The molecule has 0 aromatic rings. The Labute approximate surface area is 65.7 Å². The van der Waals surface area contributed by atoms with Gasteiger partial charge >= 0.3 is 0 Å². The van der Waals surface area contributed by atoms with Gasteiger partial charge < -0.3 is 4.90 Å². The van der Waals surface area contributed by atoms with E-state index in [1.54, 1.807) is 6.92 Å². The third-order valence-electron chi connectivity index (χ3n) is 2.22. The molecule has 1 rings (SSSR count). The van der Waals surface area contributed by atoms with E-state index in [0.29, 0.717) is 0 Å². The van der Waals surface area contributed by atoms with Gasteiger partial charge in [0.15, 0.2) is 0 Å². The fraction of sp³-hybridized carbons (Fsp3) is 0.625. The van der Waals surface area contributed by atoms with Crippen molar-refractivity contribution in [3.63, 3.8) is 0 Å². The summed E-state index contributed by atoms with van der Waals surface area (Å²) in [5.74, 6) is -0.455. The maximum atomic E-state index is 12.8. The average Bonchev–Trinajstić information content (AvgIpc) is 2.17. The zero-order chi connectivity index (χ0) is 8.59. The highest BCUT2D eigenvalue weighted by molar-refractivity contribution is 5.75. The molecule has 0 fully saturated rings. The Balaban J connectivity index is 2.80. The molecule has 11 heavy (non-hydrogen) atoms. The molecule has 1 aliphatic rings. The SMILES string of the molecule is CC(=O)N1C=C(F)C(C)C1C. The lowest BCUT2D eigenvalue weighted by atomic mass is 10.1. The Bertz CT molecular complexity index is 212. The monoisotopic (exact) mass is 157 g/mol. The van der Waals surface area contributed by atoms with Gasteiger partial charge in [-0.1, -0.05) is 6.92 Å². The first-order valence-corrected chi connectivity index (χ1v) is 3.70. The predicted octanol–water partition coefficient (Wildman–Crippen LogP) is 1.68. The summed E-state index contributed by atoms with van der Waals surface area (Å²) in [6.07, 6.45) is 1.29. The molecule has 0 spiro atoms. The smallest absolute Gasteiger partial charge is 0.223 e. The molecule has 3 heteroatoms. The number of nitrogens with zero attached hydrogens (tertiary/aromatic N) is 1. The molecule has 2 nitrogen and oxygen atoms in total. The third kappa shape index (κ3) is 1.27. The molecular formula is C8H12FNO. The normalized spacial score (nSPS) is 30.5. The summed E-state index contributed by atoms with van der Waals surface area (Å²) in [7, 11) is 0. The molecule has 0 saturated heterocycles. The van der Waals surface area contributed by atoms with Crippen LogP contribution in [-0.4, -0.2) is 16.8 Å². The lowest BCUT2D eigenvalue weighted by molar-refractivity contribution is -0.127. The molecule has 1 amide bonds. The highest BCUT2D eigenvalue weighted by Crippen LogP contribution is 2.28. The molecule has 0 aliphatic carbocycles. The van der Waals surface area contributed by atoms with Gasteiger partial charge in [-0.25, -0.2) is 4.39 Å². The van der Waals surface area contributed by atoms with E-state index >= 15 is 0 Å². The van der Waals surface area contributed by atoms with Gasteiger partial charge in [0.25, 0.3) is 0 Å². The van der Waals surface area contributed by atoms with E-state index in [-0.39, 0.29) is 23.7 Å². The van der Waals surface area contributed by atoms with Crippen molar-refractivity contribution in [3.8, 4) is 0 Å². The van der Waals surface area contributed by atoms with Crippen LogP contribution in [0.1, 0.15) is 20.8 Å². The molecule has 0 saturated carbocycles. The number of carbonyl (C=O) groups excluding carboxylic acids is 1. The van der Waals surface area contributed by atoms with E-state index in [1.807, 2.05) is 6.92 Å². The Morgan fingerprint density at radius 1 is 1.64 bits per heavy atom. The van der Waals surface area contributed by atoms with Gasteiger partial charge in [-0.15, -0.1) is 0 Å². The van der Waals surface area contributed by atoms with E-state index in [0.717, 1.165) is 0 Å². The molecule has 0 aromatic carbocycles. The molecule has 1 heterocycles. The largest absolute Gasteiger partial charge is 0.313 e. The summed E-state index contributed by atoms with van der Waals surface area (Å²) < 4.78 is 12.8. The van der Waals surface area contributed by atoms with Crippen LogP contribution in [0.5, 0.6) is 0 Å². The summed E-state index contributed by atoms with van der Waals surface area (Å²) in [5, 5.41) is 0. The van der Waals surface area contributed by atoms with Crippen LogP contribution in [0.2, 0.25) is 0 Å². The lowest BCUT2D eigenvalue weighted by Crippen LogP contribution is -2.31. The number of hydrogen-bond acceptors (Lipinski definition) is 1. The molecule has 2 atom stereocenters. The van der Waals surface area contributed by atoms with Crippen LogP contribution in [0, 0.1) is 5.92 Å². The Morgan fingerprint density at radius 3 is 2.36 bits per heavy atom. The van der Waals surface area contributed by atoms with Gasteiger partial charge in [-0.05, 0) is 6.92 Å². The van der Waals surface area contributed by atoms with Gasteiger partial charge in [0.1, 0.15) is 5.83 Å². The highest BCUT2D eigenvalue weighted by atomic mass is 19.1. The summed E-state index contributed by atoms with van der Waals surface area (Å²) in [6.45, 7) is 5.06. The van der Waals surface area contributed by atoms with Crippen LogP contribution in [0.3, 0.4) is 0 Å². The summed E-state index contributed by atoms with van der Waals surface area (Å²) in [5.41, 5.74) is 0. The minimum atomic E-state index is -0.201. The van der Waals surface area contributed by atoms with Crippen LogP contribution in [0.4, 0.5) is 4.39 Å². The van der Waals surface area contributed by atoms with Crippen LogP contribution in [-0.2, 0) is 4.79 Å². The first-order valence-electron chi connectivity index (χ1n) is 3.70. The number of amides is 1. The third-order valence-corrected chi connectivity index (χ3v) is 2.22. The minimum Gasteiger partial charge on any atom is -0.313 e. The van der Waals surface area contributed by atoms with Crippen LogP contribution >= 0.6 is 0 Å². The van der Waals surface area contributed by atoms with Gasteiger partial charge in [-0.2, -0.15) is 0 Å². The van der Waals surface area contributed by atoms with Crippen LogP contribution < -0.4 is 0 Å². The summed E-state index contributed by atoms with van der Waals surface area (Å²) in [6, 6.07) is -0.0347. The maximum absolute atomic E-state index is 12.8. The number of carbonyl (C=O) groups is 1.